The summed E-state index contributed by atoms with van der Waals surface area (Å²) in [4.78, 5) is 31.1. The van der Waals surface area contributed by atoms with Crippen molar-refractivity contribution in [3.63, 3.8) is 0 Å². The average Bonchev–Trinajstić information content (AvgIpc) is 3.16. The lowest BCUT2D eigenvalue weighted by atomic mass is 10.1. The average molecular weight is 457 g/mol. The second-order valence-electron chi connectivity index (χ2n) is 8.56. The summed E-state index contributed by atoms with van der Waals surface area (Å²) in [5.74, 6) is 1.76. The quantitative estimate of drug-likeness (QED) is 0.623. The van der Waals surface area contributed by atoms with Gasteiger partial charge in [-0.3, -0.25) is 14.5 Å². The maximum atomic E-state index is 12.8. The number of hydrogen-bond acceptors (Lipinski definition) is 7. The largest absolute Gasteiger partial charge is 0.489 e. The van der Waals surface area contributed by atoms with Gasteiger partial charge in [-0.05, 0) is 31.5 Å². The summed E-state index contributed by atoms with van der Waals surface area (Å²) >= 11 is 0. The van der Waals surface area contributed by atoms with Gasteiger partial charge in [-0.25, -0.2) is 0 Å². The Kier molecular flexibility index (Phi) is 7.61. The molecule has 3 heterocycles. The molecule has 4 rings (SSSR count). The lowest BCUT2D eigenvalue weighted by Crippen LogP contribution is -2.52. The van der Waals surface area contributed by atoms with E-state index in [1.807, 2.05) is 47.9 Å². The van der Waals surface area contributed by atoms with E-state index in [0.29, 0.717) is 59.0 Å². The number of hydrogen-bond donors (Lipinski definition) is 0. The molecule has 1 aromatic carbocycles. The van der Waals surface area contributed by atoms with E-state index in [2.05, 4.69) is 10.1 Å². The third-order valence-corrected chi connectivity index (χ3v) is 6.29. The first-order valence-electron chi connectivity index (χ1n) is 11.5. The molecule has 2 aliphatic rings. The van der Waals surface area contributed by atoms with Gasteiger partial charge in [-0.1, -0.05) is 17.3 Å². The van der Waals surface area contributed by atoms with Gasteiger partial charge in [0.2, 0.25) is 11.8 Å². The molecule has 0 bridgehead atoms. The highest BCUT2D eigenvalue weighted by Gasteiger charge is 2.25. The fraction of sp³-hybridized carbons (Fsp3) is 0.542. The monoisotopic (exact) mass is 456 g/mol. The molecular formula is C24H32N4O5. The molecule has 0 unspecified atom stereocenters. The molecule has 0 spiro atoms. The van der Waals surface area contributed by atoms with Crippen molar-refractivity contribution in [2.24, 2.45) is 0 Å². The van der Waals surface area contributed by atoms with Crippen LogP contribution in [0.3, 0.4) is 0 Å². The zero-order chi connectivity index (χ0) is 23.2. The molecule has 0 saturated carbocycles. The molecule has 2 aliphatic heterocycles. The number of carbonyl (C=O) groups is 2. The highest BCUT2D eigenvalue weighted by atomic mass is 16.5. The second kappa shape index (κ2) is 10.8. The van der Waals surface area contributed by atoms with Crippen LogP contribution in [0.2, 0.25) is 0 Å². The lowest BCUT2D eigenvalue weighted by Gasteiger charge is -2.36. The molecule has 0 radical (unpaired) electrons. The fourth-order valence-corrected chi connectivity index (χ4v) is 4.11. The van der Waals surface area contributed by atoms with E-state index >= 15 is 0 Å². The van der Waals surface area contributed by atoms with Crippen molar-refractivity contribution in [2.75, 3.05) is 59.0 Å². The van der Waals surface area contributed by atoms with Crippen molar-refractivity contribution in [1.29, 1.82) is 0 Å². The van der Waals surface area contributed by atoms with E-state index in [9.17, 15) is 9.59 Å². The van der Waals surface area contributed by atoms with E-state index in [0.717, 1.165) is 41.4 Å². The first-order valence-corrected chi connectivity index (χ1v) is 11.5. The van der Waals surface area contributed by atoms with Crippen LogP contribution in [0.25, 0.3) is 0 Å². The van der Waals surface area contributed by atoms with E-state index in [1.165, 1.54) is 0 Å². The molecule has 2 aromatic rings. The minimum atomic E-state index is 0.110. The van der Waals surface area contributed by atoms with Crippen LogP contribution in [0.15, 0.2) is 28.8 Å². The molecule has 33 heavy (non-hydrogen) atoms. The third kappa shape index (κ3) is 6.11. The smallest absolute Gasteiger partial charge is 0.236 e. The van der Waals surface area contributed by atoms with Gasteiger partial charge in [0.25, 0.3) is 0 Å². The Morgan fingerprint density at radius 1 is 0.939 bits per heavy atom. The van der Waals surface area contributed by atoms with Crippen LogP contribution in [0.5, 0.6) is 5.75 Å². The van der Waals surface area contributed by atoms with E-state index < -0.39 is 0 Å². The summed E-state index contributed by atoms with van der Waals surface area (Å²) in [6.45, 7) is 9.87. The predicted octanol–water partition coefficient (Wildman–Crippen LogP) is 1.42. The maximum Gasteiger partial charge on any atom is 0.236 e. The molecule has 0 N–H and O–H groups in total. The molecular weight excluding hydrogens is 424 g/mol. The summed E-state index contributed by atoms with van der Waals surface area (Å²) in [6, 6.07) is 7.63. The number of carbonyl (C=O) groups excluding carboxylic acids is 2. The van der Waals surface area contributed by atoms with Crippen LogP contribution in [0.4, 0.5) is 0 Å². The molecule has 2 amide bonds. The van der Waals surface area contributed by atoms with Crippen molar-refractivity contribution in [3.05, 3.63) is 46.8 Å². The Hall–Kier alpha value is -2.91. The zero-order valence-corrected chi connectivity index (χ0v) is 19.4. The number of nitrogens with zero attached hydrogens (tertiary/aromatic N) is 4. The van der Waals surface area contributed by atoms with E-state index in [4.69, 9.17) is 14.0 Å². The molecule has 0 atom stereocenters. The number of benzene rings is 1. The third-order valence-electron chi connectivity index (χ3n) is 6.29. The summed E-state index contributed by atoms with van der Waals surface area (Å²) in [5.41, 5.74) is 2.75. The Balaban J connectivity index is 1.20. The molecule has 2 fully saturated rings. The van der Waals surface area contributed by atoms with Gasteiger partial charge in [0.1, 0.15) is 18.1 Å². The summed E-state index contributed by atoms with van der Waals surface area (Å²) in [7, 11) is 0. The lowest BCUT2D eigenvalue weighted by molar-refractivity contribution is -0.137. The number of ether oxygens (including phenoxy) is 2. The maximum absolute atomic E-state index is 12.8. The van der Waals surface area contributed by atoms with Gasteiger partial charge >= 0.3 is 0 Å². The Labute approximate surface area is 194 Å². The Bertz CT molecular complexity index is 925. The number of piperazine rings is 1. The summed E-state index contributed by atoms with van der Waals surface area (Å²) in [6.07, 6.45) is 0.358. The fourth-order valence-electron chi connectivity index (χ4n) is 4.11. The highest BCUT2D eigenvalue weighted by molar-refractivity contribution is 5.79. The summed E-state index contributed by atoms with van der Waals surface area (Å²) < 4.78 is 16.3. The molecule has 0 aliphatic carbocycles. The number of rotatable bonds is 7. The van der Waals surface area contributed by atoms with Crippen LogP contribution in [0.1, 0.15) is 22.6 Å². The van der Waals surface area contributed by atoms with Crippen LogP contribution < -0.4 is 4.74 Å². The molecule has 178 valence electrons. The van der Waals surface area contributed by atoms with Crippen molar-refractivity contribution < 1.29 is 23.6 Å². The Morgan fingerprint density at radius 2 is 1.61 bits per heavy atom. The standard InChI is InChI=1S/C24H32N4O5/c1-18-22(19(2)33-25-18)17-32-21-5-3-20(4-6-21)15-23(29)27-9-7-26(8-10-27)16-24(30)28-11-13-31-14-12-28/h3-6H,7-17H2,1-2H3. The first kappa shape index (κ1) is 23.3. The predicted molar refractivity (Wildman–Crippen MR) is 121 cm³/mol. The number of amides is 2. The molecule has 1 aromatic heterocycles. The van der Waals surface area contributed by atoms with Gasteiger partial charge in [0, 0.05) is 39.3 Å². The van der Waals surface area contributed by atoms with E-state index in [-0.39, 0.29) is 11.8 Å². The topological polar surface area (TPSA) is 88.4 Å². The molecule has 9 heteroatoms. The Morgan fingerprint density at radius 3 is 2.24 bits per heavy atom. The zero-order valence-electron chi connectivity index (χ0n) is 19.4. The van der Waals surface area contributed by atoms with Crippen molar-refractivity contribution in [3.8, 4) is 5.75 Å². The van der Waals surface area contributed by atoms with Crippen LogP contribution >= 0.6 is 0 Å². The van der Waals surface area contributed by atoms with Crippen LogP contribution in [-0.4, -0.2) is 90.7 Å². The normalized spacial score (nSPS) is 17.3. The van der Waals surface area contributed by atoms with Gasteiger partial charge < -0.3 is 23.8 Å². The van der Waals surface area contributed by atoms with Crippen LogP contribution in [-0.2, 0) is 27.4 Å². The van der Waals surface area contributed by atoms with Crippen LogP contribution in [0, 0.1) is 13.8 Å². The molecule has 2 saturated heterocycles. The van der Waals surface area contributed by atoms with Gasteiger partial charge in [0.15, 0.2) is 0 Å². The minimum absolute atomic E-state index is 0.110. The van der Waals surface area contributed by atoms with Gasteiger partial charge in [-0.15, -0.1) is 0 Å². The van der Waals surface area contributed by atoms with E-state index in [1.54, 1.807) is 0 Å². The van der Waals surface area contributed by atoms with Gasteiger partial charge in [-0.2, -0.15) is 0 Å². The second-order valence-corrected chi connectivity index (χ2v) is 8.56. The first-order chi connectivity index (χ1) is 16.0. The highest BCUT2D eigenvalue weighted by Crippen LogP contribution is 2.18. The van der Waals surface area contributed by atoms with Crippen molar-refractivity contribution >= 4 is 11.8 Å². The number of morpholine rings is 1. The number of aryl methyl sites for hydroxylation is 2. The molecule has 9 nitrogen and oxygen atoms in total. The van der Waals surface area contributed by atoms with Crippen molar-refractivity contribution in [2.45, 2.75) is 26.9 Å². The number of aromatic nitrogens is 1. The summed E-state index contributed by atoms with van der Waals surface area (Å²) in [5, 5.41) is 3.94. The SMILES string of the molecule is Cc1noc(C)c1COc1ccc(CC(=O)N2CCN(CC(=O)N3CCOCC3)CC2)cc1. The van der Waals surface area contributed by atoms with Crippen molar-refractivity contribution in [1.82, 2.24) is 19.9 Å². The minimum Gasteiger partial charge on any atom is -0.489 e. The van der Waals surface area contributed by atoms with Gasteiger partial charge in [0.05, 0.1) is 37.4 Å².